The third-order valence-electron chi connectivity index (χ3n) is 8.94. The Morgan fingerprint density at radius 3 is 2.09 bits per heavy atom. The van der Waals surface area contributed by atoms with Crippen LogP contribution in [-0.4, -0.2) is 70.8 Å². The van der Waals surface area contributed by atoms with E-state index in [4.69, 9.17) is 24.7 Å². The van der Waals surface area contributed by atoms with E-state index < -0.39 is 72.5 Å². The van der Waals surface area contributed by atoms with Crippen molar-refractivity contribution >= 4 is 24.0 Å². The molecule has 1 fully saturated rings. The van der Waals surface area contributed by atoms with Crippen molar-refractivity contribution in [2.24, 2.45) is 47.2 Å². The molecule has 0 radical (unpaired) electrons. The Bertz CT molecular complexity index is 1130. The zero-order valence-corrected chi connectivity index (χ0v) is 29.4. The summed E-state index contributed by atoms with van der Waals surface area (Å²) >= 11 is 0. The van der Waals surface area contributed by atoms with Crippen LogP contribution in [0.15, 0.2) is 49.1 Å². The van der Waals surface area contributed by atoms with Crippen LogP contribution in [0, 0.1) is 41.4 Å². The zero-order valence-electron chi connectivity index (χ0n) is 29.4. The number of amides is 1. The van der Waals surface area contributed by atoms with Gasteiger partial charge in [-0.2, -0.15) is 0 Å². The molecule has 0 bridgehead atoms. The van der Waals surface area contributed by atoms with Gasteiger partial charge in [0.15, 0.2) is 0 Å². The predicted octanol–water partition coefficient (Wildman–Crippen LogP) is 5.05. The Balaban J connectivity index is 2.88. The van der Waals surface area contributed by atoms with Gasteiger partial charge in [0.2, 0.25) is 0 Å². The highest BCUT2D eigenvalue weighted by molar-refractivity contribution is 5.75. The number of nitrogens with two attached hydrogens (primary N) is 1. The number of carbonyl (C=O) groups excluding carboxylic acids is 4. The summed E-state index contributed by atoms with van der Waals surface area (Å²) in [4.78, 5) is 47.5. The first-order valence-electron chi connectivity index (χ1n) is 16.4. The summed E-state index contributed by atoms with van der Waals surface area (Å²) < 4.78 is 21.9. The number of rotatable bonds is 18. The van der Waals surface area contributed by atoms with Gasteiger partial charge in [0.25, 0.3) is 0 Å². The predicted molar refractivity (Wildman–Crippen MR) is 178 cm³/mol. The average molecular weight is 664 g/mol. The lowest BCUT2D eigenvalue weighted by Gasteiger charge is -2.39. The van der Waals surface area contributed by atoms with Crippen molar-refractivity contribution in [3.05, 3.63) is 49.1 Å². The van der Waals surface area contributed by atoms with E-state index in [0.29, 0.717) is 6.42 Å². The minimum Gasteiger partial charge on any atom is -0.461 e. The minimum absolute atomic E-state index is 0.166. The number of ether oxygens (including phenoxy) is 4. The molecule has 0 aliphatic carbocycles. The third-order valence-corrected chi connectivity index (χ3v) is 8.94. The molecule has 0 aromatic rings. The number of aliphatic hydroxyl groups excluding tert-OH is 2. The summed E-state index contributed by atoms with van der Waals surface area (Å²) in [6.07, 6.45) is 8.02. The summed E-state index contributed by atoms with van der Waals surface area (Å²) in [7, 11) is 0. The van der Waals surface area contributed by atoms with Crippen molar-refractivity contribution in [3.8, 4) is 0 Å². The second-order valence-electron chi connectivity index (χ2n) is 13.0. The molecule has 1 saturated heterocycles. The van der Waals surface area contributed by atoms with Gasteiger partial charge in [-0.1, -0.05) is 84.6 Å². The number of esters is 3. The molecule has 13 atom stereocenters. The smallest absolute Gasteiger partial charge is 0.404 e. The molecule has 1 unspecified atom stereocenters. The van der Waals surface area contributed by atoms with Crippen molar-refractivity contribution in [1.29, 1.82) is 0 Å². The van der Waals surface area contributed by atoms with E-state index in [-0.39, 0.29) is 36.0 Å². The molecule has 0 saturated carbocycles. The average Bonchev–Trinajstić information content (AvgIpc) is 3.00. The fourth-order valence-corrected chi connectivity index (χ4v) is 5.99. The van der Waals surface area contributed by atoms with E-state index in [0.717, 1.165) is 0 Å². The maximum Gasteiger partial charge on any atom is 0.404 e. The molecule has 4 N–H and O–H groups in total. The van der Waals surface area contributed by atoms with Crippen molar-refractivity contribution in [2.75, 3.05) is 0 Å². The third kappa shape index (κ3) is 13.7. The SMILES string of the molecule is C=C/C=C\[C@H](C)[C@H](OC(N)=O)[C@@H](C)[C@H](O)[C@@H](C)C/C=C\[C@H](C)[C@@H](O)[C@@H](C)/C=C\[C@H](CC1OC(=O)[C@H](C)[C@@H](OC(C)=O)[C@H]1C)OC(C)=O. The van der Waals surface area contributed by atoms with Crippen LogP contribution in [0.25, 0.3) is 0 Å². The van der Waals surface area contributed by atoms with Gasteiger partial charge < -0.3 is 34.9 Å². The highest BCUT2D eigenvalue weighted by atomic mass is 16.6. The first-order valence-corrected chi connectivity index (χ1v) is 16.4. The molecular formula is C36H57NO10. The van der Waals surface area contributed by atoms with E-state index in [9.17, 15) is 29.4 Å². The first kappa shape index (κ1) is 41.6. The largest absolute Gasteiger partial charge is 0.461 e. The van der Waals surface area contributed by atoms with Gasteiger partial charge in [-0.05, 0) is 25.3 Å². The molecule has 1 aliphatic heterocycles. The van der Waals surface area contributed by atoms with Crippen molar-refractivity contribution < 1.29 is 48.3 Å². The Kier molecular flexibility index (Phi) is 17.7. The second-order valence-corrected chi connectivity index (χ2v) is 13.0. The Morgan fingerprint density at radius 2 is 1.53 bits per heavy atom. The summed E-state index contributed by atoms with van der Waals surface area (Å²) in [5.41, 5.74) is 5.29. The number of hydrogen-bond donors (Lipinski definition) is 3. The number of hydrogen-bond acceptors (Lipinski definition) is 10. The topological polar surface area (TPSA) is 172 Å². The molecule has 11 heteroatoms. The highest BCUT2D eigenvalue weighted by Crippen LogP contribution is 2.32. The van der Waals surface area contributed by atoms with Crippen LogP contribution in [0.1, 0.15) is 75.2 Å². The zero-order chi connectivity index (χ0) is 36.0. The molecule has 0 spiro atoms. The van der Waals surface area contributed by atoms with Crippen LogP contribution < -0.4 is 5.73 Å². The summed E-state index contributed by atoms with van der Waals surface area (Å²) in [6, 6.07) is 0. The Morgan fingerprint density at radius 1 is 0.915 bits per heavy atom. The molecule has 11 nitrogen and oxygen atoms in total. The quantitative estimate of drug-likeness (QED) is 0.0780. The lowest BCUT2D eigenvalue weighted by Crippen LogP contribution is -2.49. The van der Waals surface area contributed by atoms with Crippen LogP contribution in [0.4, 0.5) is 4.79 Å². The monoisotopic (exact) mass is 663 g/mol. The lowest BCUT2D eigenvalue weighted by atomic mass is 9.82. The Hall–Kier alpha value is -3.44. The van der Waals surface area contributed by atoms with Crippen LogP contribution in [-0.2, 0) is 33.3 Å². The molecule has 0 aromatic carbocycles. The van der Waals surface area contributed by atoms with Gasteiger partial charge in [-0.25, -0.2) is 4.79 Å². The minimum atomic E-state index is -0.903. The molecule has 266 valence electrons. The number of primary amides is 1. The highest BCUT2D eigenvalue weighted by Gasteiger charge is 2.44. The van der Waals surface area contributed by atoms with Gasteiger partial charge >= 0.3 is 24.0 Å². The van der Waals surface area contributed by atoms with Gasteiger partial charge in [-0.3, -0.25) is 14.4 Å². The van der Waals surface area contributed by atoms with E-state index >= 15 is 0 Å². The molecular weight excluding hydrogens is 606 g/mol. The van der Waals surface area contributed by atoms with Crippen molar-refractivity contribution in [1.82, 2.24) is 0 Å². The number of cyclic esters (lactones) is 1. The second kappa shape index (κ2) is 20.0. The summed E-state index contributed by atoms with van der Waals surface area (Å²) in [5.74, 6) is -3.77. The van der Waals surface area contributed by atoms with E-state index in [1.807, 2.05) is 59.8 Å². The number of carbonyl (C=O) groups is 4. The maximum atomic E-state index is 12.5. The molecule has 47 heavy (non-hydrogen) atoms. The number of allylic oxidation sites excluding steroid dienone is 3. The van der Waals surface area contributed by atoms with E-state index in [1.54, 1.807) is 31.2 Å². The molecule has 1 rings (SSSR count). The van der Waals surface area contributed by atoms with E-state index in [1.165, 1.54) is 13.8 Å². The molecule has 1 heterocycles. The first-order chi connectivity index (χ1) is 21.9. The van der Waals surface area contributed by atoms with E-state index in [2.05, 4.69) is 6.58 Å². The van der Waals surface area contributed by atoms with Crippen molar-refractivity contribution in [2.45, 2.75) is 112 Å². The standard InChI is InChI=1S/C36H57NO10/c1-11-12-14-23(5)33(47-36(37)43)25(7)32(41)21(3)16-13-15-20(2)31(40)22(4)17-18-29(44-27(9)38)19-30-24(6)34(45-28(10)39)26(8)35(42)46-30/h11-15,17-18,20-26,29-34,40-41H,1,16,19H2,2-10H3,(H2,37,43)/b14-12-,15-13-,18-17-/t20-,21-,22-,23-,24-,25-,26+,29+,30?,31+,32+,33-,34-/m0/s1. The van der Waals surface area contributed by atoms with Crippen LogP contribution >= 0.6 is 0 Å². The number of aliphatic hydroxyl groups is 2. The fourth-order valence-electron chi connectivity index (χ4n) is 5.99. The van der Waals surface area contributed by atoms with Gasteiger partial charge in [0.05, 0.1) is 18.1 Å². The maximum absolute atomic E-state index is 12.5. The van der Waals surface area contributed by atoms with Gasteiger partial charge in [-0.15, -0.1) is 0 Å². The van der Waals surface area contributed by atoms with Gasteiger partial charge in [0, 0.05) is 49.9 Å². The Labute approximate surface area is 280 Å². The van der Waals surface area contributed by atoms with Crippen LogP contribution in [0.3, 0.4) is 0 Å². The molecule has 0 aromatic heterocycles. The van der Waals surface area contributed by atoms with Crippen molar-refractivity contribution in [3.63, 3.8) is 0 Å². The normalized spacial score (nSPS) is 26.0. The van der Waals surface area contributed by atoms with Crippen LogP contribution in [0.2, 0.25) is 0 Å². The molecule has 1 aliphatic rings. The van der Waals surface area contributed by atoms with Crippen LogP contribution in [0.5, 0.6) is 0 Å². The lowest BCUT2D eigenvalue weighted by molar-refractivity contribution is -0.189. The fraction of sp³-hybridized carbons (Fsp3) is 0.667. The molecule has 1 amide bonds. The summed E-state index contributed by atoms with van der Waals surface area (Å²) in [5, 5.41) is 22.1. The van der Waals surface area contributed by atoms with Gasteiger partial charge in [0.1, 0.15) is 24.4 Å². The summed E-state index contributed by atoms with van der Waals surface area (Å²) in [6.45, 7) is 19.0.